The zero-order valence-corrected chi connectivity index (χ0v) is 11.7. The first-order valence-electron chi connectivity index (χ1n) is 6.05. The third-order valence-corrected chi connectivity index (χ3v) is 4.00. The number of hydrogen-bond acceptors (Lipinski definition) is 3. The molecule has 2 rings (SSSR count). The van der Waals surface area contributed by atoms with Crippen LogP contribution in [0.1, 0.15) is 26.1 Å². The van der Waals surface area contributed by atoms with Gasteiger partial charge in [-0.3, -0.25) is 0 Å². The second-order valence-electron chi connectivity index (χ2n) is 5.07. The molecule has 1 aromatic heterocycles. The Bertz CT molecular complexity index is 657. The van der Waals surface area contributed by atoms with Crippen molar-refractivity contribution < 1.29 is 8.42 Å². The second-order valence-corrected chi connectivity index (χ2v) is 7.08. The minimum absolute atomic E-state index is 0.328. The topological polar surface area (TPSA) is 62.8 Å². The predicted octanol–water partition coefficient (Wildman–Crippen LogP) is 2.56. The SMILES string of the molecule is CC(C)CCc1nc2ccc(S(C)(=O)=O)cc2[nH]1. The largest absolute Gasteiger partial charge is 0.342 e. The van der Waals surface area contributed by atoms with Gasteiger partial charge in [-0.15, -0.1) is 0 Å². The minimum Gasteiger partial charge on any atom is -0.342 e. The van der Waals surface area contributed by atoms with Crippen LogP contribution in [0, 0.1) is 5.92 Å². The van der Waals surface area contributed by atoms with Crippen LogP contribution in [0.3, 0.4) is 0 Å². The summed E-state index contributed by atoms with van der Waals surface area (Å²) in [4.78, 5) is 7.97. The maximum Gasteiger partial charge on any atom is 0.175 e. The monoisotopic (exact) mass is 266 g/mol. The van der Waals surface area contributed by atoms with Crippen molar-refractivity contribution in [3.8, 4) is 0 Å². The van der Waals surface area contributed by atoms with E-state index in [1.54, 1.807) is 18.2 Å². The first-order chi connectivity index (χ1) is 8.36. The molecule has 1 aromatic carbocycles. The standard InChI is InChI=1S/C13H18N2O2S/c1-9(2)4-7-13-14-11-6-5-10(18(3,16)17)8-12(11)15-13/h5-6,8-9H,4,7H2,1-3H3,(H,14,15). The number of sulfone groups is 1. The van der Waals surface area contributed by atoms with Crippen LogP contribution in [-0.4, -0.2) is 24.6 Å². The second kappa shape index (κ2) is 4.72. The van der Waals surface area contributed by atoms with E-state index >= 15 is 0 Å². The Kier molecular flexibility index (Phi) is 3.43. The van der Waals surface area contributed by atoms with Gasteiger partial charge in [-0.05, 0) is 30.5 Å². The quantitative estimate of drug-likeness (QED) is 0.925. The van der Waals surface area contributed by atoms with Gasteiger partial charge in [0.05, 0.1) is 15.9 Å². The number of aromatic amines is 1. The van der Waals surface area contributed by atoms with E-state index in [-0.39, 0.29) is 0 Å². The molecular formula is C13H18N2O2S. The summed E-state index contributed by atoms with van der Waals surface area (Å²) < 4.78 is 22.9. The highest BCUT2D eigenvalue weighted by atomic mass is 32.2. The molecule has 0 atom stereocenters. The lowest BCUT2D eigenvalue weighted by Gasteiger charge is -2.00. The number of aryl methyl sites for hydroxylation is 1. The van der Waals surface area contributed by atoms with Crippen LogP contribution in [0.25, 0.3) is 11.0 Å². The Hall–Kier alpha value is -1.36. The molecule has 1 heterocycles. The lowest BCUT2D eigenvalue weighted by molar-refractivity contribution is 0.577. The summed E-state index contributed by atoms with van der Waals surface area (Å²) in [6.45, 7) is 4.34. The first kappa shape index (κ1) is 13.1. The van der Waals surface area contributed by atoms with Gasteiger partial charge in [0.2, 0.25) is 0 Å². The fraction of sp³-hybridized carbons (Fsp3) is 0.462. The van der Waals surface area contributed by atoms with E-state index in [9.17, 15) is 8.42 Å². The normalized spacial score (nSPS) is 12.4. The Labute approximate surface area is 107 Å². The molecule has 0 radical (unpaired) electrons. The molecule has 5 heteroatoms. The molecule has 98 valence electrons. The highest BCUT2D eigenvalue weighted by Gasteiger charge is 2.10. The molecule has 0 spiro atoms. The van der Waals surface area contributed by atoms with Gasteiger partial charge in [-0.25, -0.2) is 13.4 Å². The molecule has 0 aliphatic heterocycles. The van der Waals surface area contributed by atoms with E-state index in [1.807, 2.05) is 0 Å². The van der Waals surface area contributed by atoms with E-state index in [4.69, 9.17) is 0 Å². The van der Waals surface area contributed by atoms with Crippen LogP contribution < -0.4 is 0 Å². The minimum atomic E-state index is -3.16. The summed E-state index contributed by atoms with van der Waals surface area (Å²) in [5.74, 6) is 1.55. The van der Waals surface area contributed by atoms with Crippen LogP contribution in [0.4, 0.5) is 0 Å². The predicted molar refractivity (Wildman–Crippen MR) is 72.4 cm³/mol. The molecule has 18 heavy (non-hydrogen) atoms. The molecule has 0 aliphatic carbocycles. The number of hydrogen-bond donors (Lipinski definition) is 1. The fourth-order valence-electron chi connectivity index (χ4n) is 1.82. The van der Waals surface area contributed by atoms with E-state index in [1.165, 1.54) is 6.26 Å². The Morgan fingerprint density at radius 2 is 2.06 bits per heavy atom. The van der Waals surface area contributed by atoms with Gasteiger partial charge >= 0.3 is 0 Å². The molecule has 0 saturated carbocycles. The Morgan fingerprint density at radius 1 is 1.33 bits per heavy atom. The molecule has 0 unspecified atom stereocenters. The van der Waals surface area contributed by atoms with Crippen molar-refractivity contribution in [2.75, 3.05) is 6.26 Å². The number of H-pyrrole nitrogens is 1. The first-order valence-corrected chi connectivity index (χ1v) is 7.94. The van der Waals surface area contributed by atoms with Gasteiger partial charge in [-0.2, -0.15) is 0 Å². The molecule has 2 aromatic rings. The molecule has 0 bridgehead atoms. The number of benzene rings is 1. The summed E-state index contributed by atoms with van der Waals surface area (Å²) >= 11 is 0. The summed E-state index contributed by atoms with van der Waals surface area (Å²) in [7, 11) is -3.16. The Balaban J connectivity index is 2.34. The molecule has 1 N–H and O–H groups in total. The van der Waals surface area contributed by atoms with Gasteiger partial charge in [-0.1, -0.05) is 13.8 Å². The van der Waals surface area contributed by atoms with Crippen molar-refractivity contribution in [3.63, 3.8) is 0 Å². The van der Waals surface area contributed by atoms with Gasteiger partial charge in [0.25, 0.3) is 0 Å². The van der Waals surface area contributed by atoms with Crippen LogP contribution >= 0.6 is 0 Å². The third kappa shape index (κ3) is 2.90. The number of nitrogens with one attached hydrogen (secondary N) is 1. The van der Waals surface area contributed by atoms with E-state index in [0.717, 1.165) is 29.7 Å². The lowest BCUT2D eigenvalue weighted by atomic mass is 10.1. The number of aromatic nitrogens is 2. The number of nitrogens with zero attached hydrogens (tertiary/aromatic N) is 1. The average Bonchev–Trinajstić information content (AvgIpc) is 2.66. The van der Waals surface area contributed by atoms with Crippen molar-refractivity contribution in [3.05, 3.63) is 24.0 Å². The average molecular weight is 266 g/mol. The fourth-order valence-corrected chi connectivity index (χ4v) is 2.46. The summed E-state index contributed by atoms with van der Waals surface area (Å²) in [6, 6.07) is 5.00. The maximum atomic E-state index is 11.5. The van der Waals surface area contributed by atoms with E-state index in [0.29, 0.717) is 10.8 Å². The molecule has 0 amide bonds. The molecule has 0 fully saturated rings. The molecule has 0 saturated heterocycles. The van der Waals surface area contributed by atoms with Crippen LogP contribution in [-0.2, 0) is 16.3 Å². The lowest BCUT2D eigenvalue weighted by Crippen LogP contribution is -1.96. The zero-order valence-electron chi connectivity index (χ0n) is 10.9. The maximum absolute atomic E-state index is 11.5. The van der Waals surface area contributed by atoms with Crippen molar-refractivity contribution in [2.24, 2.45) is 5.92 Å². The van der Waals surface area contributed by atoms with E-state index in [2.05, 4.69) is 23.8 Å². The molecule has 0 aliphatic rings. The summed E-state index contributed by atoms with van der Waals surface area (Å²) in [6.07, 6.45) is 3.17. The van der Waals surface area contributed by atoms with Crippen LogP contribution in [0.5, 0.6) is 0 Å². The summed E-state index contributed by atoms with van der Waals surface area (Å²) in [5, 5.41) is 0. The highest BCUT2D eigenvalue weighted by Crippen LogP contribution is 2.18. The number of imidazole rings is 1. The van der Waals surface area contributed by atoms with Crippen LogP contribution in [0.2, 0.25) is 0 Å². The summed E-state index contributed by atoms with van der Waals surface area (Å²) in [5.41, 5.74) is 1.61. The van der Waals surface area contributed by atoms with Crippen molar-refractivity contribution in [2.45, 2.75) is 31.6 Å². The number of rotatable bonds is 4. The smallest absolute Gasteiger partial charge is 0.175 e. The molecule has 4 nitrogen and oxygen atoms in total. The molecular weight excluding hydrogens is 248 g/mol. The van der Waals surface area contributed by atoms with Crippen molar-refractivity contribution >= 4 is 20.9 Å². The zero-order chi connectivity index (χ0) is 13.3. The van der Waals surface area contributed by atoms with Gasteiger partial charge in [0.1, 0.15) is 5.82 Å². The number of fused-ring (bicyclic) bond motifs is 1. The van der Waals surface area contributed by atoms with Crippen molar-refractivity contribution in [1.82, 2.24) is 9.97 Å². The third-order valence-electron chi connectivity index (χ3n) is 2.89. The van der Waals surface area contributed by atoms with Crippen molar-refractivity contribution in [1.29, 1.82) is 0 Å². The van der Waals surface area contributed by atoms with Gasteiger partial charge < -0.3 is 4.98 Å². The van der Waals surface area contributed by atoms with Crippen LogP contribution in [0.15, 0.2) is 23.1 Å². The van der Waals surface area contributed by atoms with E-state index < -0.39 is 9.84 Å². The van der Waals surface area contributed by atoms with Gasteiger partial charge in [0.15, 0.2) is 9.84 Å². The Morgan fingerprint density at radius 3 is 2.67 bits per heavy atom. The van der Waals surface area contributed by atoms with Gasteiger partial charge in [0, 0.05) is 12.7 Å². The highest BCUT2D eigenvalue weighted by molar-refractivity contribution is 7.90.